The van der Waals surface area contributed by atoms with Gasteiger partial charge in [0.25, 0.3) is 0 Å². The van der Waals surface area contributed by atoms with Crippen molar-refractivity contribution in [2.75, 3.05) is 0 Å². The van der Waals surface area contributed by atoms with E-state index in [4.69, 9.17) is 0 Å². The van der Waals surface area contributed by atoms with Crippen LogP contribution >= 0.6 is 22.7 Å². The van der Waals surface area contributed by atoms with Crippen molar-refractivity contribution in [3.8, 4) is 65.8 Å². The zero-order chi connectivity index (χ0) is 38.1. The van der Waals surface area contributed by atoms with Crippen LogP contribution in [-0.4, -0.2) is 10.2 Å². The summed E-state index contributed by atoms with van der Waals surface area (Å²) in [4.78, 5) is 2.43. The van der Waals surface area contributed by atoms with Crippen LogP contribution in [0.5, 0.6) is 11.5 Å². The summed E-state index contributed by atoms with van der Waals surface area (Å²) in [5.41, 5.74) is 11.8. The third kappa shape index (κ3) is 5.22. The van der Waals surface area contributed by atoms with Gasteiger partial charge in [0, 0.05) is 30.3 Å². The van der Waals surface area contributed by atoms with Crippen LogP contribution < -0.4 is 0 Å². The molecule has 1 aliphatic rings. The summed E-state index contributed by atoms with van der Waals surface area (Å²) in [6.07, 6.45) is 0. The lowest BCUT2D eigenvalue weighted by Crippen LogP contribution is -2.28. The Bertz CT molecular complexity index is 2870. The first-order valence-corrected chi connectivity index (χ1v) is 20.7. The van der Waals surface area contributed by atoms with E-state index in [1.165, 1.54) is 52.2 Å². The second kappa shape index (κ2) is 13.2. The van der Waals surface area contributed by atoms with Gasteiger partial charge in [-0.1, -0.05) is 146 Å². The van der Waals surface area contributed by atoms with Gasteiger partial charge in [0.2, 0.25) is 0 Å². The molecule has 0 bridgehead atoms. The molecule has 1 aliphatic carbocycles. The summed E-state index contributed by atoms with van der Waals surface area (Å²) in [5, 5.41) is 25.5. The molecule has 10 aromatic rings. The zero-order valence-corrected chi connectivity index (χ0v) is 32.3. The summed E-state index contributed by atoms with van der Waals surface area (Å²) >= 11 is 3.66. The van der Waals surface area contributed by atoms with Gasteiger partial charge in [0.05, 0.1) is 5.41 Å². The second-order valence-corrected chi connectivity index (χ2v) is 16.9. The van der Waals surface area contributed by atoms with Gasteiger partial charge < -0.3 is 10.2 Å². The van der Waals surface area contributed by atoms with Gasteiger partial charge in [-0.3, -0.25) is 0 Å². The number of phenolic OH excluding ortho intramolecular Hbond substituents is 2. The molecule has 0 aliphatic heterocycles. The number of rotatable bonds is 6. The molecule has 0 amide bonds. The quantitative estimate of drug-likeness (QED) is 0.177. The van der Waals surface area contributed by atoms with Crippen LogP contribution in [0, 0.1) is 0 Å². The first-order valence-electron chi connectivity index (χ1n) is 19.1. The third-order valence-corrected chi connectivity index (χ3v) is 13.9. The number of hydrogen-bond acceptors (Lipinski definition) is 4. The molecule has 11 rings (SSSR count). The van der Waals surface area contributed by atoms with Gasteiger partial charge in [-0.05, 0) is 115 Å². The van der Waals surface area contributed by atoms with Crippen molar-refractivity contribution < 1.29 is 10.2 Å². The molecule has 270 valence electrons. The van der Waals surface area contributed by atoms with Crippen molar-refractivity contribution in [1.29, 1.82) is 0 Å². The highest BCUT2D eigenvalue weighted by Gasteiger charge is 2.48. The van der Waals surface area contributed by atoms with E-state index >= 15 is 0 Å². The molecular weight excluding hydrogens is 733 g/mol. The van der Waals surface area contributed by atoms with Gasteiger partial charge >= 0.3 is 0 Å². The number of benzene rings is 8. The highest BCUT2D eigenvalue weighted by atomic mass is 32.1. The molecule has 0 spiro atoms. The lowest BCUT2D eigenvalue weighted by Gasteiger charge is -2.35. The number of fused-ring (bicyclic) bond motifs is 5. The minimum atomic E-state index is -0.835. The van der Waals surface area contributed by atoms with Crippen molar-refractivity contribution in [3.05, 3.63) is 216 Å². The average molecular weight is 767 g/mol. The molecule has 2 aromatic heterocycles. The second-order valence-electron chi connectivity index (χ2n) is 14.7. The molecule has 4 heteroatoms. The molecule has 0 saturated carbocycles. The number of phenols is 2. The fourth-order valence-corrected chi connectivity index (χ4v) is 11.3. The summed E-state index contributed by atoms with van der Waals surface area (Å²) in [7, 11) is 0. The van der Waals surface area contributed by atoms with Crippen LogP contribution in [0.4, 0.5) is 0 Å². The predicted octanol–water partition coefficient (Wildman–Crippen LogP) is 14.6. The molecule has 0 fully saturated rings. The first-order chi connectivity index (χ1) is 28.1. The molecule has 2 nitrogen and oxygen atoms in total. The molecule has 2 heterocycles. The van der Waals surface area contributed by atoms with Gasteiger partial charge in [-0.2, -0.15) is 0 Å². The van der Waals surface area contributed by atoms with Crippen molar-refractivity contribution in [2.24, 2.45) is 0 Å². The van der Waals surface area contributed by atoms with E-state index in [9.17, 15) is 10.2 Å². The highest BCUT2D eigenvalue weighted by molar-refractivity contribution is 7.22. The number of hydrogen-bond donors (Lipinski definition) is 2. The average Bonchev–Trinajstić information content (AvgIpc) is 3.98. The van der Waals surface area contributed by atoms with Gasteiger partial charge in [0.1, 0.15) is 11.5 Å². The summed E-state index contributed by atoms with van der Waals surface area (Å²) in [6.45, 7) is 0. The van der Waals surface area contributed by atoms with E-state index in [0.29, 0.717) is 0 Å². The van der Waals surface area contributed by atoms with Crippen molar-refractivity contribution in [2.45, 2.75) is 5.41 Å². The van der Waals surface area contributed by atoms with Crippen LogP contribution in [0.1, 0.15) is 22.3 Å². The molecule has 2 N–H and O–H groups in total. The Morgan fingerprint density at radius 2 is 0.772 bits per heavy atom. The molecule has 8 aromatic carbocycles. The van der Waals surface area contributed by atoms with Crippen molar-refractivity contribution in [1.82, 2.24) is 0 Å². The van der Waals surface area contributed by atoms with E-state index in [2.05, 4.69) is 146 Å². The minimum Gasteiger partial charge on any atom is -0.507 e. The Balaban J connectivity index is 1.30. The van der Waals surface area contributed by atoms with E-state index < -0.39 is 5.41 Å². The Labute approximate surface area is 338 Å². The van der Waals surface area contributed by atoms with E-state index in [0.717, 1.165) is 44.5 Å². The molecular formula is C53H34O2S2. The van der Waals surface area contributed by atoms with Gasteiger partial charge in [-0.15, -0.1) is 22.7 Å². The van der Waals surface area contributed by atoms with Crippen LogP contribution in [0.2, 0.25) is 0 Å². The van der Waals surface area contributed by atoms with Gasteiger partial charge in [0.15, 0.2) is 0 Å². The Hall–Kier alpha value is -6.72. The van der Waals surface area contributed by atoms with Crippen molar-refractivity contribution in [3.63, 3.8) is 0 Å². The summed E-state index contributed by atoms with van der Waals surface area (Å²) in [6, 6.07) is 68.0. The minimum absolute atomic E-state index is 0.229. The monoisotopic (exact) mass is 766 g/mol. The predicted molar refractivity (Wildman–Crippen MR) is 240 cm³/mol. The fourth-order valence-electron chi connectivity index (χ4n) is 9.08. The highest BCUT2D eigenvalue weighted by Crippen LogP contribution is 2.62. The smallest absolute Gasteiger partial charge is 0.123 e. The normalized spacial score (nSPS) is 12.8. The lowest BCUT2D eigenvalue weighted by atomic mass is 9.66. The first kappa shape index (κ1) is 33.6. The Morgan fingerprint density at radius 1 is 0.351 bits per heavy atom. The SMILES string of the molecule is Oc1ccc(C2(c3ccc(O)c(-c4ccccc4)c3)c3cccc(-c4cc5ccccc5s4)c3-c3c(-c4cc5ccccc5s4)cccc32)cc1-c1ccccc1. The van der Waals surface area contributed by atoms with Crippen LogP contribution in [0.3, 0.4) is 0 Å². The largest absolute Gasteiger partial charge is 0.507 e. The number of aromatic hydroxyl groups is 2. The van der Waals surface area contributed by atoms with Crippen molar-refractivity contribution >= 4 is 42.8 Å². The molecule has 57 heavy (non-hydrogen) atoms. The lowest BCUT2D eigenvalue weighted by molar-refractivity contribution is 0.477. The zero-order valence-electron chi connectivity index (χ0n) is 30.7. The molecule has 0 radical (unpaired) electrons. The molecule has 0 atom stereocenters. The fraction of sp³-hybridized carbons (Fsp3) is 0.0189. The van der Waals surface area contributed by atoms with E-state index in [-0.39, 0.29) is 11.5 Å². The maximum Gasteiger partial charge on any atom is 0.123 e. The Morgan fingerprint density at radius 3 is 1.21 bits per heavy atom. The molecule has 0 saturated heterocycles. The van der Waals surface area contributed by atoms with E-state index in [1.807, 2.05) is 71.2 Å². The molecule has 0 unspecified atom stereocenters. The third-order valence-electron chi connectivity index (χ3n) is 11.6. The van der Waals surface area contributed by atoms with Crippen LogP contribution in [-0.2, 0) is 5.41 Å². The topological polar surface area (TPSA) is 40.5 Å². The summed E-state index contributed by atoms with van der Waals surface area (Å²) in [5.74, 6) is 0.458. The summed E-state index contributed by atoms with van der Waals surface area (Å²) < 4.78 is 2.51. The van der Waals surface area contributed by atoms with E-state index in [1.54, 1.807) is 0 Å². The maximum atomic E-state index is 11.5. The Kier molecular flexibility index (Phi) is 7.78. The van der Waals surface area contributed by atoms with Crippen LogP contribution in [0.15, 0.2) is 194 Å². The standard InChI is InChI=1S/C53H34O2S2/c54-45-27-25-37(31-41(45)33-13-3-1-4-14-33)53(38-26-28-46(55)42(32-38)34-15-5-2-6-16-34)43-21-11-19-39(49-29-35-17-7-9-23-47(35)56-49)51(43)52-40(20-12-22-44(52)53)50-30-36-18-8-10-24-48(36)57-50/h1-32,54-55H. The van der Waals surface area contributed by atoms with Gasteiger partial charge in [-0.25, -0.2) is 0 Å². The van der Waals surface area contributed by atoms with Crippen LogP contribution in [0.25, 0.3) is 74.4 Å². The maximum absolute atomic E-state index is 11.5. The number of thiophene rings is 2.